The Morgan fingerprint density at radius 1 is 1.40 bits per heavy atom. The van der Waals surface area contributed by atoms with Crippen LogP contribution in [0.3, 0.4) is 0 Å². The van der Waals surface area contributed by atoms with Gasteiger partial charge in [-0.3, -0.25) is 9.69 Å². The maximum atomic E-state index is 13.6. The van der Waals surface area contributed by atoms with Crippen molar-refractivity contribution >= 4 is 5.78 Å². The third kappa shape index (κ3) is 4.30. The highest BCUT2D eigenvalue weighted by molar-refractivity contribution is 5.97. The number of carbonyl (C=O) groups is 1. The molecule has 1 atom stereocenters. The number of nitrogens with zero attached hydrogens (tertiary/aromatic N) is 1. The maximum Gasteiger partial charge on any atom is 0.163 e. The van der Waals surface area contributed by atoms with Crippen LogP contribution in [0, 0.1) is 11.7 Å². The number of hydrogen-bond acceptors (Lipinski definition) is 3. The van der Waals surface area contributed by atoms with Crippen LogP contribution in [0.25, 0.3) is 0 Å². The Balaban J connectivity index is 2.98. The van der Waals surface area contributed by atoms with Gasteiger partial charge in [-0.05, 0) is 31.5 Å². The summed E-state index contributed by atoms with van der Waals surface area (Å²) in [6.45, 7) is 9.81. The number of aromatic hydroxyl groups is 1. The molecular formula is C16H24FNO2. The average molecular weight is 281 g/mol. The van der Waals surface area contributed by atoms with Gasteiger partial charge in [0.25, 0.3) is 0 Å². The van der Waals surface area contributed by atoms with Gasteiger partial charge in [-0.1, -0.05) is 27.2 Å². The fraction of sp³-hybridized carbons (Fsp3) is 0.562. The van der Waals surface area contributed by atoms with E-state index in [9.17, 15) is 14.3 Å². The smallest absolute Gasteiger partial charge is 0.163 e. The first-order valence-corrected chi connectivity index (χ1v) is 7.13. The molecule has 0 radical (unpaired) electrons. The first-order chi connectivity index (χ1) is 9.38. The molecule has 0 spiro atoms. The monoisotopic (exact) mass is 281 g/mol. The third-order valence-electron chi connectivity index (χ3n) is 3.64. The fourth-order valence-electron chi connectivity index (χ4n) is 2.16. The predicted molar refractivity (Wildman–Crippen MR) is 78.5 cm³/mol. The number of phenols is 1. The van der Waals surface area contributed by atoms with E-state index in [1.807, 2.05) is 6.92 Å². The van der Waals surface area contributed by atoms with Crippen LogP contribution in [0.4, 0.5) is 4.39 Å². The van der Waals surface area contributed by atoms with Crippen molar-refractivity contribution in [2.75, 3.05) is 13.1 Å². The van der Waals surface area contributed by atoms with Crippen LogP contribution in [0.1, 0.15) is 50.0 Å². The van der Waals surface area contributed by atoms with Crippen molar-refractivity contribution in [3.63, 3.8) is 0 Å². The summed E-state index contributed by atoms with van der Waals surface area (Å²) in [6.07, 6.45) is 1.07. The molecule has 0 aromatic heterocycles. The van der Waals surface area contributed by atoms with E-state index in [4.69, 9.17) is 0 Å². The van der Waals surface area contributed by atoms with Gasteiger partial charge in [0.15, 0.2) is 5.78 Å². The Morgan fingerprint density at radius 2 is 2.05 bits per heavy atom. The van der Waals surface area contributed by atoms with Crippen LogP contribution in [0.15, 0.2) is 12.1 Å². The summed E-state index contributed by atoms with van der Waals surface area (Å²) >= 11 is 0. The number of benzene rings is 1. The summed E-state index contributed by atoms with van der Waals surface area (Å²) in [7, 11) is 0. The molecule has 0 bridgehead atoms. The molecule has 0 aliphatic heterocycles. The summed E-state index contributed by atoms with van der Waals surface area (Å²) in [6, 6.07) is 2.40. The molecule has 0 aliphatic carbocycles. The highest BCUT2D eigenvalue weighted by Gasteiger charge is 2.16. The second-order valence-corrected chi connectivity index (χ2v) is 5.36. The van der Waals surface area contributed by atoms with E-state index in [0.29, 0.717) is 18.0 Å². The molecule has 0 aliphatic rings. The molecule has 112 valence electrons. The maximum absolute atomic E-state index is 13.6. The van der Waals surface area contributed by atoms with Crippen molar-refractivity contribution in [2.45, 2.75) is 40.7 Å². The predicted octanol–water partition coefficient (Wildman–Crippen LogP) is 3.60. The van der Waals surface area contributed by atoms with Crippen molar-refractivity contribution in [3.05, 3.63) is 29.1 Å². The normalized spacial score (nSPS) is 12.7. The molecule has 4 heteroatoms. The van der Waals surface area contributed by atoms with Crippen LogP contribution >= 0.6 is 0 Å². The number of rotatable bonds is 7. The van der Waals surface area contributed by atoms with E-state index in [1.165, 1.54) is 13.0 Å². The molecule has 3 nitrogen and oxygen atoms in total. The van der Waals surface area contributed by atoms with Crippen LogP contribution in [-0.2, 0) is 6.54 Å². The molecule has 1 rings (SSSR count). The average Bonchev–Trinajstić information content (AvgIpc) is 2.40. The lowest BCUT2D eigenvalue weighted by Crippen LogP contribution is -2.28. The number of carbonyl (C=O) groups excluding carboxylic acids is 1. The lowest BCUT2D eigenvalue weighted by Gasteiger charge is -2.24. The molecule has 1 unspecified atom stereocenters. The molecule has 0 saturated carbocycles. The molecule has 0 amide bonds. The van der Waals surface area contributed by atoms with Crippen molar-refractivity contribution in [2.24, 2.45) is 5.92 Å². The molecule has 0 fully saturated rings. The summed E-state index contributed by atoms with van der Waals surface area (Å²) < 4.78 is 13.6. The Morgan fingerprint density at radius 3 is 2.55 bits per heavy atom. The second-order valence-electron chi connectivity index (χ2n) is 5.36. The second kappa shape index (κ2) is 7.39. The highest BCUT2D eigenvalue weighted by atomic mass is 19.1. The number of phenolic OH excluding ortho intramolecular Hbond substituents is 1. The van der Waals surface area contributed by atoms with Gasteiger partial charge in [0.1, 0.15) is 11.6 Å². The van der Waals surface area contributed by atoms with Gasteiger partial charge in [0.2, 0.25) is 0 Å². The van der Waals surface area contributed by atoms with Gasteiger partial charge in [0, 0.05) is 18.7 Å². The standard InChI is InChI=1S/C16H24FNO2/c1-5-11(3)9-18(6-2)10-13-7-14(17)8-15(12(4)19)16(13)20/h7-8,11,20H,5-6,9-10H2,1-4H3. The molecule has 0 heterocycles. The lowest BCUT2D eigenvalue weighted by atomic mass is 10.0. The van der Waals surface area contributed by atoms with Crippen molar-refractivity contribution in [3.8, 4) is 5.75 Å². The van der Waals surface area contributed by atoms with Gasteiger partial charge in [-0.2, -0.15) is 0 Å². The van der Waals surface area contributed by atoms with E-state index in [-0.39, 0.29) is 17.1 Å². The minimum absolute atomic E-state index is 0.0552. The van der Waals surface area contributed by atoms with Crippen molar-refractivity contribution in [1.29, 1.82) is 0 Å². The van der Waals surface area contributed by atoms with Crippen LogP contribution < -0.4 is 0 Å². The van der Waals surface area contributed by atoms with E-state index in [1.54, 1.807) is 0 Å². The zero-order chi connectivity index (χ0) is 15.3. The van der Waals surface area contributed by atoms with E-state index >= 15 is 0 Å². The number of Topliss-reactive ketones (excluding diaryl/α,β-unsaturated/α-hetero) is 1. The van der Waals surface area contributed by atoms with Crippen molar-refractivity contribution in [1.82, 2.24) is 4.90 Å². The van der Waals surface area contributed by atoms with E-state index in [2.05, 4.69) is 18.7 Å². The van der Waals surface area contributed by atoms with Gasteiger partial charge >= 0.3 is 0 Å². The third-order valence-corrected chi connectivity index (χ3v) is 3.64. The SMILES string of the molecule is CCC(C)CN(CC)Cc1cc(F)cc(C(C)=O)c1O. The summed E-state index contributed by atoms with van der Waals surface area (Å²) in [5, 5.41) is 10.1. The molecule has 1 aromatic rings. The Bertz CT molecular complexity index is 474. The van der Waals surface area contributed by atoms with Gasteiger partial charge in [0.05, 0.1) is 5.56 Å². The Labute approximate surface area is 120 Å². The fourth-order valence-corrected chi connectivity index (χ4v) is 2.16. The highest BCUT2D eigenvalue weighted by Crippen LogP contribution is 2.26. The largest absolute Gasteiger partial charge is 0.507 e. The summed E-state index contributed by atoms with van der Waals surface area (Å²) in [5.74, 6) is -0.366. The zero-order valence-corrected chi connectivity index (χ0v) is 12.7. The molecule has 1 aromatic carbocycles. The number of hydrogen-bond donors (Lipinski definition) is 1. The van der Waals surface area contributed by atoms with Gasteiger partial charge in [-0.15, -0.1) is 0 Å². The van der Waals surface area contributed by atoms with Crippen LogP contribution in [-0.4, -0.2) is 28.9 Å². The lowest BCUT2D eigenvalue weighted by molar-refractivity contribution is 0.101. The quantitative estimate of drug-likeness (QED) is 0.776. The van der Waals surface area contributed by atoms with Gasteiger partial charge < -0.3 is 5.11 Å². The summed E-state index contributed by atoms with van der Waals surface area (Å²) in [4.78, 5) is 13.6. The molecule has 1 N–H and O–H groups in total. The van der Waals surface area contributed by atoms with E-state index in [0.717, 1.165) is 25.6 Å². The molecule has 0 saturated heterocycles. The van der Waals surface area contributed by atoms with Crippen LogP contribution in [0.2, 0.25) is 0 Å². The zero-order valence-electron chi connectivity index (χ0n) is 12.7. The number of halogens is 1. The Kier molecular flexibility index (Phi) is 6.14. The molecule has 20 heavy (non-hydrogen) atoms. The minimum atomic E-state index is -0.484. The van der Waals surface area contributed by atoms with Gasteiger partial charge in [-0.25, -0.2) is 4.39 Å². The summed E-state index contributed by atoms with van der Waals surface area (Å²) in [5.41, 5.74) is 0.528. The first-order valence-electron chi connectivity index (χ1n) is 7.13. The van der Waals surface area contributed by atoms with Crippen molar-refractivity contribution < 1.29 is 14.3 Å². The first kappa shape index (κ1) is 16.6. The van der Waals surface area contributed by atoms with E-state index < -0.39 is 5.82 Å². The topological polar surface area (TPSA) is 40.5 Å². The van der Waals surface area contributed by atoms with Crippen LogP contribution in [0.5, 0.6) is 5.75 Å². The Hall–Kier alpha value is -1.42. The minimum Gasteiger partial charge on any atom is -0.507 e. The molecular weight excluding hydrogens is 257 g/mol. The number of ketones is 1.